The summed E-state index contributed by atoms with van der Waals surface area (Å²) in [5.41, 5.74) is 2.38. The molecule has 0 spiro atoms. The van der Waals surface area contributed by atoms with Gasteiger partial charge in [0.2, 0.25) is 5.91 Å². The number of likely N-dealkylation sites (N-methyl/N-ethyl adjacent to an activating group) is 1. The van der Waals surface area contributed by atoms with Crippen LogP contribution in [0.15, 0.2) is 42.6 Å². The first-order valence-corrected chi connectivity index (χ1v) is 6.85. The van der Waals surface area contributed by atoms with E-state index in [4.69, 9.17) is 5.48 Å². The smallest absolute Gasteiger partial charge is 0.249 e. The van der Waals surface area contributed by atoms with Crippen LogP contribution in [0.3, 0.4) is 0 Å². The van der Waals surface area contributed by atoms with Crippen molar-refractivity contribution in [2.45, 2.75) is 12.5 Å². The number of hydrogen-bond acceptors (Lipinski definition) is 3. The quantitative estimate of drug-likeness (QED) is 0.742. The Kier molecular flexibility index (Phi) is 1.93. The van der Waals surface area contributed by atoms with E-state index in [1.54, 1.807) is 12.3 Å². The minimum Gasteiger partial charge on any atom is -0.342 e. The van der Waals surface area contributed by atoms with Crippen LogP contribution in [0.25, 0.3) is 0 Å². The normalized spacial score (nSPS) is 28.0. The molecular weight excluding hydrogens is 262 g/mol. The minimum absolute atomic E-state index is 0.319. The molecule has 0 radical (unpaired) electrons. The highest BCUT2D eigenvalue weighted by molar-refractivity contribution is 5.88. The highest BCUT2D eigenvalue weighted by Crippen LogP contribution is 2.38. The van der Waals surface area contributed by atoms with Gasteiger partial charge in [0, 0.05) is 32.7 Å². The molecule has 3 heterocycles. The van der Waals surface area contributed by atoms with Crippen LogP contribution in [0.4, 0.5) is 5.82 Å². The van der Waals surface area contributed by atoms with Crippen LogP contribution < -0.4 is 4.90 Å². The van der Waals surface area contributed by atoms with Gasteiger partial charge < -0.3 is 9.80 Å². The van der Waals surface area contributed by atoms with E-state index in [2.05, 4.69) is 4.98 Å². The Labute approximate surface area is 129 Å². The number of carbonyl (C=O) groups excluding carboxylic acids is 1. The van der Waals surface area contributed by atoms with Crippen LogP contribution in [0.1, 0.15) is 28.2 Å². The van der Waals surface area contributed by atoms with Gasteiger partial charge in [-0.15, -0.1) is 0 Å². The molecule has 106 valence electrons. The zero-order chi connectivity index (χ0) is 18.0. The van der Waals surface area contributed by atoms with Gasteiger partial charge in [-0.05, 0) is 22.8 Å². The first-order valence-electron chi connectivity index (χ1n) is 8.85. The third kappa shape index (κ3) is 1.82. The molecule has 4 nitrogen and oxygen atoms in total. The van der Waals surface area contributed by atoms with Gasteiger partial charge in [-0.1, -0.05) is 30.3 Å². The second-order valence-electron chi connectivity index (χ2n) is 5.26. The van der Waals surface area contributed by atoms with Gasteiger partial charge in [0.05, 0.1) is 5.48 Å². The van der Waals surface area contributed by atoms with Crippen LogP contribution in [0, 0.1) is 0 Å². The molecular formula is C17H17N3O. The summed E-state index contributed by atoms with van der Waals surface area (Å²) in [5, 5.41) is 0. The largest absolute Gasteiger partial charge is 0.342 e. The van der Waals surface area contributed by atoms with Gasteiger partial charge in [-0.2, -0.15) is 0 Å². The molecule has 0 N–H and O–H groups in total. The van der Waals surface area contributed by atoms with Crippen molar-refractivity contribution in [2.75, 3.05) is 24.9 Å². The van der Waals surface area contributed by atoms with Crippen molar-refractivity contribution in [2.24, 2.45) is 0 Å². The van der Waals surface area contributed by atoms with Crippen LogP contribution in [-0.2, 0) is 11.2 Å². The molecule has 0 bridgehead atoms. The van der Waals surface area contributed by atoms with Gasteiger partial charge in [-0.3, -0.25) is 4.79 Å². The molecule has 4 rings (SSSR count). The first-order chi connectivity index (χ1) is 11.8. The molecule has 1 amide bonds. The number of nitrogens with zero attached hydrogens (tertiary/aromatic N) is 3. The van der Waals surface area contributed by atoms with E-state index in [9.17, 15) is 4.79 Å². The molecule has 21 heavy (non-hydrogen) atoms. The SMILES string of the molecule is [2H]C1([2H])N(C)C(=O)C2c3ccccc3Cc3cccnc3N2C1([2H])[2H]. The fourth-order valence-electron chi connectivity index (χ4n) is 2.94. The lowest BCUT2D eigenvalue weighted by Gasteiger charge is -2.40. The van der Waals surface area contributed by atoms with Crippen molar-refractivity contribution in [3.05, 3.63) is 59.3 Å². The fourth-order valence-corrected chi connectivity index (χ4v) is 2.94. The molecule has 1 aromatic carbocycles. The van der Waals surface area contributed by atoms with E-state index in [1.807, 2.05) is 30.3 Å². The van der Waals surface area contributed by atoms with Crippen LogP contribution in [-0.4, -0.2) is 35.8 Å². The number of pyridine rings is 1. The van der Waals surface area contributed by atoms with Crippen molar-refractivity contribution < 1.29 is 10.3 Å². The molecule has 1 saturated heterocycles. The zero-order valence-corrected chi connectivity index (χ0v) is 11.6. The van der Waals surface area contributed by atoms with Crippen LogP contribution >= 0.6 is 0 Å². The molecule has 1 unspecified atom stereocenters. The van der Waals surface area contributed by atoms with Crippen molar-refractivity contribution in [1.29, 1.82) is 0 Å². The Balaban J connectivity index is 2.06. The average molecular weight is 283 g/mol. The Morgan fingerprint density at radius 1 is 1.19 bits per heavy atom. The van der Waals surface area contributed by atoms with Crippen molar-refractivity contribution in [3.63, 3.8) is 0 Å². The van der Waals surface area contributed by atoms with Gasteiger partial charge in [0.1, 0.15) is 11.9 Å². The Hall–Kier alpha value is -2.36. The highest BCUT2D eigenvalue weighted by atomic mass is 16.2. The summed E-state index contributed by atoms with van der Waals surface area (Å²) < 4.78 is 33.5. The fraction of sp³-hybridized carbons (Fsp3) is 0.294. The summed E-state index contributed by atoms with van der Waals surface area (Å²) in [6.45, 7) is -4.93. The number of fused-ring (bicyclic) bond motifs is 5. The van der Waals surface area contributed by atoms with Gasteiger partial charge in [-0.25, -0.2) is 4.98 Å². The first kappa shape index (κ1) is 8.82. The summed E-state index contributed by atoms with van der Waals surface area (Å²) in [4.78, 5) is 19.4. The molecule has 1 fully saturated rings. The van der Waals surface area contributed by atoms with E-state index in [0.717, 1.165) is 16.0 Å². The van der Waals surface area contributed by atoms with Crippen LogP contribution in [0.5, 0.6) is 0 Å². The number of benzene rings is 1. The van der Waals surface area contributed by atoms with E-state index in [-0.39, 0.29) is 0 Å². The van der Waals surface area contributed by atoms with Gasteiger partial charge >= 0.3 is 0 Å². The second kappa shape index (κ2) is 4.58. The predicted octanol–water partition coefficient (Wildman–Crippen LogP) is 2.01. The van der Waals surface area contributed by atoms with E-state index in [0.29, 0.717) is 17.8 Å². The van der Waals surface area contributed by atoms with Crippen molar-refractivity contribution in [1.82, 2.24) is 9.88 Å². The lowest BCUT2D eigenvalue weighted by molar-refractivity contribution is -0.133. The Morgan fingerprint density at radius 2 is 2.00 bits per heavy atom. The minimum atomic E-state index is -2.49. The molecule has 1 atom stereocenters. The van der Waals surface area contributed by atoms with Crippen molar-refractivity contribution in [3.8, 4) is 0 Å². The summed E-state index contributed by atoms with van der Waals surface area (Å²) in [6.07, 6.45) is 2.06. The molecule has 4 heteroatoms. The number of piperazine rings is 1. The number of carbonyl (C=O) groups is 1. The van der Waals surface area contributed by atoms with E-state index < -0.39 is 24.9 Å². The molecule has 2 aliphatic rings. The number of rotatable bonds is 0. The summed E-state index contributed by atoms with van der Waals surface area (Å²) in [7, 11) is 1.31. The second-order valence-corrected chi connectivity index (χ2v) is 5.26. The van der Waals surface area contributed by atoms with Gasteiger partial charge in [0.25, 0.3) is 0 Å². The number of hydrogen-bond donors (Lipinski definition) is 0. The van der Waals surface area contributed by atoms with Gasteiger partial charge in [0.15, 0.2) is 0 Å². The topological polar surface area (TPSA) is 36.4 Å². The summed E-state index contributed by atoms with van der Waals surface area (Å²) in [6, 6.07) is 10.1. The average Bonchev–Trinajstić information content (AvgIpc) is 2.73. The molecule has 0 aliphatic carbocycles. The standard InChI is InChI=1S/C17H17N3O/c1-19-9-10-20-15(17(19)21)14-7-3-2-5-12(14)11-13-6-4-8-18-16(13)20/h2-8,15H,9-11H2,1H3/i9D2,10D2. The summed E-state index contributed by atoms with van der Waals surface area (Å²) in [5.74, 6) is -0.162. The zero-order valence-electron chi connectivity index (χ0n) is 15.6. The van der Waals surface area contributed by atoms with Crippen LogP contribution in [0.2, 0.25) is 0 Å². The molecule has 0 saturated carbocycles. The number of anilines is 1. The third-order valence-electron chi connectivity index (χ3n) is 3.99. The van der Waals surface area contributed by atoms with Crippen molar-refractivity contribution >= 4 is 11.7 Å². The molecule has 2 aromatic rings. The highest BCUT2D eigenvalue weighted by Gasteiger charge is 2.38. The lowest BCUT2D eigenvalue weighted by Crippen LogP contribution is -2.51. The lowest BCUT2D eigenvalue weighted by atomic mass is 9.96. The monoisotopic (exact) mass is 283 g/mol. The number of amides is 1. The predicted molar refractivity (Wildman–Crippen MR) is 81.2 cm³/mol. The molecule has 2 aliphatic heterocycles. The third-order valence-corrected chi connectivity index (χ3v) is 3.99. The summed E-state index contributed by atoms with van der Waals surface area (Å²) >= 11 is 0. The maximum atomic E-state index is 13.0. The number of aromatic nitrogens is 1. The maximum Gasteiger partial charge on any atom is 0.249 e. The Bertz CT molecular complexity index is 870. The Morgan fingerprint density at radius 3 is 2.90 bits per heavy atom. The van der Waals surface area contributed by atoms with E-state index in [1.165, 1.54) is 11.9 Å². The maximum absolute atomic E-state index is 13.0. The van der Waals surface area contributed by atoms with E-state index >= 15 is 0 Å². The molecule has 1 aromatic heterocycles.